The van der Waals surface area contributed by atoms with Crippen LogP contribution >= 0.6 is 0 Å². The van der Waals surface area contributed by atoms with Crippen molar-refractivity contribution in [3.63, 3.8) is 0 Å². The van der Waals surface area contributed by atoms with Crippen molar-refractivity contribution < 1.29 is 9.90 Å². The number of piperidine rings is 1. The second kappa shape index (κ2) is 8.94. The van der Waals surface area contributed by atoms with Crippen LogP contribution in [0.1, 0.15) is 70.9 Å². The molecular weight excluding hydrogens is 418 g/mol. The first-order valence-electron chi connectivity index (χ1n) is 12.9. The highest BCUT2D eigenvalue weighted by molar-refractivity contribution is 5.57. The average Bonchev–Trinajstić information content (AvgIpc) is 3.37. The minimum Gasteiger partial charge on any atom is -0.508 e. The van der Waals surface area contributed by atoms with Gasteiger partial charge in [-0.3, -0.25) is 0 Å². The van der Waals surface area contributed by atoms with Crippen LogP contribution in [0.15, 0.2) is 60.7 Å². The van der Waals surface area contributed by atoms with Gasteiger partial charge in [-0.1, -0.05) is 36.4 Å². The summed E-state index contributed by atoms with van der Waals surface area (Å²) in [4.78, 5) is 13.5. The zero-order valence-electron chi connectivity index (χ0n) is 19.7. The van der Waals surface area contributed by atoms with Crippen LogP contribution in [-0.4, -0.2) is 24.5 Å². The summed E-state index contributed by atoms with van der Waals surface area (Å²) in [5.74, 6) is 1.34. The van der Waals surface area contributed by atoms with Crippen molar-refractivity contribution in [1.82, 2.24) is 0 Å². The number of aromatic hydroxyl groups is 1. The van der Waals surface area contributed by atoms with E-state index >= 15 is 0 Å². The van der Waals surface area contributed by atoms with E-state index in [4.69, 9.17) is 0 Å². The van der Waals surface area contributed by atoms with Gasteiger partial charge in [0.25, 0.3) is 0 Å². The van der Waals surface area contributed by atoms with E-state index in [-0.39, 0.29) is 5.92 Å². The third-order valence-electron chi connectivity index (χ3n) is 8.52. The fourth-order valence-corrected chi connectivity index (χ4v) is 6.74. The lowest BCUT2D eigenvalue weighted by Gasteiger charge is -2.36. The molecule has 1 heterocycles. The number of phenolic OH excluding ortho intramolecular Hbond substituents is 1. The second-order valence-corrected chi connectivity index (χ2v) is 10.4. The number of phenols is 1. The van der Waals surface area contributed by atoms with Crippen molar-refractivity contribution in [3.8, 4) is 5.75 Å². The fraction of sp³-hybridized carbons (Fsp3) is 0.387. The van der Waals surface area contributed by atoms with E-state index in [1.807, 2.05) is 12.1 Å². The molecule has 6 rings (SSSR count). The summed E-state index contributed by atoms with van der Waals surface area (Å²) in [5, 5.41) is 10.1. The van der Waals surface area contributed by atoms with Crippen LogP contribution in [-0.2, 0) is 24.1 Å². The highest BCUT2D eigenvalue weighted by Crippen LogP contribution is 2.49. The zero-order valence-corrected chi connectivity index (χ0v) is 19.7. The lowest BCUT2D eigenvalue weighted by Crippen LogP contribution is -2.34. The number of aldehydes is 1. The Balaban J connectivity index is 1.37. The summed E-state index contributed by atoms with van der Waals surface area (Å²) in [6.07, 6.45) is 8.82. The fourth-order valence-electron chi connectivity index (χ4n) is 6.74. The molecule has 0 spiro atoms. The molecule has 0 bridgehead atoms. The van der Waals surface area contributed by atoms with E-state index < -0.39 is 0 Å². The quantitative estimate of drug-likeness (QED) is 0.483. The van der Waals surface area contributed by atoms with Crippen molar-refractivity contribution in [2.45, 2.75) is 56.8 Å². The van der Waals surface area contributed by atoms with E-state index in [1.165, 1.54) is 41.6 Å². The molecule has 1 N–H and O–H groups in total. The molecule has 1 fully saturated rings. The lowest BCUT2D eigenvalue weighted by molar-refractivity contribution is -0.111. The van der Waals surface area contributed by atoms with Gasteiger partial charge in [0, 0.05) is 30.6 Å². The molecule has 3 nitrogen and oxygen atoms in total. The Morgan fingerprint density at radius 1 is 0.824 bits per heavy atom. The zero-order chi connectivity index (χ0) is 23.1. The van der Waals surface area contributed by atoms with Gasteiger partial charge in [-0.25, -0.2) is 0 Å². The number of benzene rings is 3. The molecule has 0 amide bonds. The molecule has 1 aliphatic heterocycles. The van der Waals surface area contributed by atoms with Gasteiger partial charge >= 0.3 is 0 Å². The molecule has 174 valence electrons. The summed E-state index contributed by atoms with van der Waals surface area (Å²) in [5.41, 5.74) is 9.94. The van der Waals surface area contributed by atoms with E-state index in [0.29, 0.717) is 17.6 Å². The summed E-state index contributed by atoms with van der Waals surface area (Å²) >= 11 is 0. The third-order valence-corrected chi connectivity index (χ3v) is 8.52. The molecule has 2 atom stereocenters. The number of carbonyl (C=O) groups is 1. The number of aryl methyl sites for hydroxylation is 2. The summed E-state index contributed by atoms with van der Waals surface area (Å²) in [6.45, 7) is 1.90. The largest absolute Gasteiger partial charge is 0.508 e. The Kier molecular flexibility index (Phi) is 5.64. The predicted molar refractivity (Wildman–Crippen MR) is 137 cm³/mol. The molecule has 1 saturated heterocycles. The summed E-state index contributed by atoms with van der Waals surface area (Å²) in [7, 11) is 0. The number of anilines is 1. The summed E-state index contributed by atoms with van der Waals surface area (Å²) in [6, 6.07) is 22.1. The van der Waals surface area contributed by atoms with Gasteiger partial charge in [-0.15, -0.1) is 0 Å². The number of rotatable bonds is 4. The van der Waals surface area contributed by atoms with Crippen LogP contribution in [0, 0.1) is 5.92 Å². The van der Waals surface area contributed by atoms with Gasteiger partial charge in [0.15, 0.2) is 0 Å². The molecule has 3 aliphatic rings. The second-order valence-electron chi connectivity index (χ2n) is 10.4. The highest BCUT2D eigenvalue weighted by Gasteiger charge is 2.34. The Morgan fingerprint density at radius 3 is 2.44 bits per heavy atom. The standard InChI is InChI=1S/C31H33NO2/c33-20-21-15-17-32(18-16-21)25-10-7-23(8-11-25)31-28-14-12-26(34)19-24(28)9-13-30(31)29-6-2-4-22-3-1-5-27(22)29/h2,4,6-8,10-12,14,19-21,30-31,34H,1,3,5,9,13,15-18H2/t30-,31-/m0/s1. The highest BCUT2D eigenvalue weighted by atomic mass is 16.3. The molecule has 0 radical (unpaired) electrons. The number of hydrogen-bond acceptors (Lipinski definition) is 3. The first kappa shape index (κ1) is 21.5. The van der Waals surface area contributed by atoms with Crippen LogP contribution < -0.4 is 4.90 Å². The van der Waals surface area contributed by atoms with Crippen molar-refractivity contribution in [1.29, 1.82) is 0 Å². The maximum atomic E-state index is 11.1. The Bertz CT molecular complexity index is 1190. The van der Waals surface area contributed by atoms with Crippen LogP contribution in [0.2, 0.25) is 0 Å². The number of hydrogen-bond donors (Lipinski definition) is 1. The molecule has 3 aromatic carbocycles. The molecule has 34 heavy (non-hydrogen) atoms. The van der Waals surface area contributed by atoms with Crippen LogP contribution in [0.25, 0.3) is 0 Å². The van der Waals surface area contributed by atoms with Crippen molar-refractivity contribution in [3.05, 3.63) is 94.0 Å². The molecule has 0 saturated carbocycles. The number of nitrogens with zero attached hydrogens (tertiary/aromatic N) is 1. The van der Waals surface area contributed by atoms with E-state index in [2.05, 4.69) is 53.4 Å². The smallest absolute Gasteiger partial charge is 0.123 e. The molecule has 3 heteroatoms. The average molecular weight is 452 g/mol. The maximum Gasteiger partial charge on any atom is 0.123 e. The Morgan fingerprint density at radius 2 is 1.65 bits per heavy atom. The predicted octanol–water partition coefficient (Wildman–Crippen LogP) is 6.16. The molecule has 0 unspecified atom stereocenters. The maximum absolute atomic E-state index is 11.1. The molecule has 3 aromatic rings. The minimum atomic E-state index is 0.221. The van der Waals surface area contributed by atoms with Gasteiger partial charge in [0.05, 0.1) is 0 Å². The number of carbonyl (C=O) groups excluding carboxylic acids is 1. The van der Waals surface area contributed by atoms with Crippen LogP contribution in [0.4, 0.5) is 5.69 Å². The number of fused-ring (bicyclic) bond motifs is 2. The first-order chi connectivity index (χ1) is 16.7. The first-order valence-corrected chi connectivity index (χ1v) is 12.9. The lowest BCUT2D eigenvalue weighted by atomic mass is 9.68. The van der Waals surface area contributed by atoms with Gasteiger partial charge in [-0.2, -0.15) is 0 Å². The molecule has 2 aliphatic carbocycles. The molecular formula is C31H33NO2. The van der Waals surface area contributed by atoms with Crippen molar-refractivity contribution in [2.75, 3.05) is 18.0 Å². The van der Waals surface area contributed by atoms with Gasteiger partial charge < -0.3 is 14.8 Å². The molecule has 0 aromatic heterocycles. The Labute approximate surface area is 202 Å². The topological polar surface area (TPSA) is 40.5 Å². The van der Waals surface area contributed by atoms with Gasteiger partial charge in [0.2, 0.25) is 0 Å². The SMILES string of the molecule is O=CC1CCN(c2ccc([C@H]3c4ccc(O)cc4CC[C@H]3c3cccc4c3CCC4)cc2)CC1. The van der Waals surface area contributed by atoms with Gasteiger partial charge in [0.1, 0.15) is 12.0 Å². The monoisotopic (exact) mass is 451 g/mol. The van der Waals surface area contributed by atoms with Crippen molar-refractivity contribution in [2.24, 2.45) is 5.92 Å². The van der Waals surface area contributed by atoms with Crippen molar-refractivity contribution >= 4 is 12.0 Å². The normalized spacial score (nSPS) is 22.3. The van der Waals surface area contributed by atoms with E-state index in [1.54, 1.807) is 16.7 Å². The Hall–Kier alpha value is -3.07. The van der Waals surface area contributed by atoms with Crippen LogP contribution in [0.5, 0.6) is 5.75 Å². The summed E-state index contributed by atoms with van der Waals surface area (Å²) < 4.78 is 0. The minimum absolute atomic E-state index is 0.221. The van der Waals surface area contributed by atoms with E-state index in [9.17, 15) is 9.90 Å². The van der Waals surface area contributed by atoms with Gasteiger partial charge in [-0.05, 0) is 109 Å². The van der Waals surface area contributed by atoms with E-state index in [0.717, 1.165) is 45.1 Å². The third kappa shape index (κ3) is 3.81. The van der Waals surface area contributed by atoms with Crippen LogP contribution in [0.3, 0.4) is 0 Å².